The second-order valence-corrected chi connectivity index (χ2v) is 7.85. The predicted octanol–water partition coefficient (Wildman–Crippen LogP) is 1.51. The number of anilines is 1. The molecule has 32 heavy (non-hydrogen) atoms. The minimum Gasteiger partial charge on any atom is -0.490 e. The van der Waals surface area contributed by atoms with Crippen molar-refractivity contribution in [2.24, 2.45) is 0 Å². The van der Waals surface area contributed by atoms with Crippen molar-refractivity contribution in [2.45, 2.75) is 27.2 Å². The summed E-state index contributed by atoms with van der Waals surface area (Å²) in [6.45, 7) is 6.47. The van der Waals surface area contributed by atoms with Crippen LogP contribution in [0, 0.1) is 6.92 Å². The average molecular weight is 464 g/mol. The van der Waals surface area contributed by atoms with E-state index < -0.39 is 5.91 Å². The van der Waals surface area contributed by atoms with Crippen molar-refractivity contribution < 1.29 is 23.9 Å². The van der Waals surface area contributed by atoms with Crippen molar-refractivity contribution in [3.8, 4) is 11.5 Å². The monoisotopic (exact) mass is 463 g/mol. The van der Waals surface area contributed by atoms with Crippen LogP contribution in [-0.2, 0) is 20.8 Å². The number of ether oxygens (including phenoxy) is 2. The number of aromatic nitrogens is 1. The first-order valence-electron chi connectivity index (χ1n) is 10.2. The lowest BCUT2D eigenvalue weighted by Crippen LogP contribution is -2.47. The van der Waals surface area contributed by atoms with Gasteiger partial charge in [-0.2, -0.15) is 0 Å². The van der Waals surface area contributed by atoms with Crippen LogP contribution in [0.15, 0.2) is 23.6 Å². The van der Waals surface area contributed by atoms with Gasteiger partial charge in [0, 0.05) is 22.8 Å². The third kappa shape index (κ3) is 8.52. The quantitative estimate of drug-likeness (QED) is 0.432. The van der Waals surface area contributed by atoms with Crippen LogP contribution in [0.2, 0.25) is 0 Å². The molecule has 0 aliphatic carbocycles. The van der Waals surface area contributed by atoms with Crippen LogP contribution in [0.1, 0.15) is 24.5 Å². The van der Waals surface area contributed by atoms with E-state index in [1.165, 1.54) is 16.2 Å². The number of carbonyl (C=O) groups excluding carboxylic acids is 3. The van der Waals surface area contributed by atoms with Gasteiger partial charge in [-0.1, -0.05) is 0 Å². The summed E-state index contributed by atoms with van der Waals surface area (Å²) in [5.41, 5.74) is 6.09. The highest BCUT2D eigenvalue weighted by Crippen LogP contribution is 2.30. The summed E-state index contributed by atoms with van der Waals surface area (Å²) in [5.74, 6) is 0.0455. The van der Waals surface area contributed by atoms with E-state index in [4.69, 9.17) is 9.47 Å². The first-order valence-corrected chi connectivity index (χ1v) is 11.0. The number of rotatable bonds is 11. The molecule has 3 N–H and O–H groups in total. The van der Waals surface area contributed by atoms with E-state index in [0.717, 1.165) is 5.69 Å². The molecule has 10 nitrogen and oxygen atoms in total. The highest BCUT2D eigenvalue weighted by atomic mass is 32.1. The second kappa shape index (κ2) is 12.6. The van der Waals surface area contributed by atoms with Crippen LogP contribution in [0.3, 0.4) is 0 Å². The van der Waals surface area contributed by atoms with E-state index in [2.05, 4.69) is 21.2 Å². The van der Waals surface area contributed by atoms with Gasteiger partial charge < -0.3 is 14.8 Å². The van der Waals surface area contributed by atoms with Crippen LogP contribution in [-0.4, -0.2) is 61.0 Å². The molecule has 0 spiro atoms. The van der Waals surface area contributed by atoms with Crippen molar-refractivity contribution in [2.75, 3.05) is 38.7 Å². The van der Waals surface area contributed by atoms with Gasteiger partial charge >= 0.3 is 0 Å². The van der Waals surface area contributed by atoms with Gasteiger partial charge in [-0.25, -0.2) is 4.98 Å². The van der Waals surface area contributed by atoms with E-state index in [0.29, 0.717) is 35.4 Å². The van der Waals surface area contributed by atoms with Gasteiger partial charge in [0.1, 0.15) is 5.01 Å². The lowest BCUT2D eigenvalue weighted by Gasteiger charge is -2.17. The molecule has 2 aromatic rings. The molecule has 1 aromatic heterocycles. The molecule has 11 heteroatoms. The maximum absolute atomic E-state index is 12.3. The Morgan fingerprint density at radius 2 is 1.66 bits per heavy atom. The standard InChI is InChI=1S/C21H29N5O5S/c1-5-30-16-8-7-15(9-17(16)31-6-2)23-19(28)11-26(4)12-20(29)25-24-18(27)10-21-22-14(3)13-32-21/h7-9,13H,5-6,10-12H2,1-4H3,(H,23,28)(H,24,27)(H,25,29). The zero-order chi connectivity index (χ0) is 23.5. The van der Waals surface area contributed by atoms with Gasteiger partial charge in [0.2, 0.25) is 11.8 Å². The number of aryl methyl sites for hydroxylation is 1. The zero-order valence-corrected chi connectivity index (χ0v) is 19.5. The van der Waals surface area contributed by atoms with E-state index in [1.807, 2.05) is 26.2 Å². The van der Waals surface area contributed by atoms with Crippen LogP contribution in [0.25, 0.3) is 0 Å². The molecular weight excluding hydrogens is 434 g/mol. The van der Waals surface area contributed by atoms with Gasteiger partial charge in [-0.15, -0.1) is 11.3 Å². The Bertz CT molecular complexity index is 933. The minimum absolute atomic E-state index is 0.0169. The average Bonchev–Trinajstić information content (AvgIpc) is 3.13. The molecule has 0 aliphatic rings. The van der Waals surface area contributed by atoms with Crippen LogP contribution >= 0.6 is 11.3 Å². The number of amides is 3. The Hall–Kier alpha value is -3.18. The van der Waals surface area contributed by atoms with Gasteiger partial charge in [0.25, 0.3) is 5.91 Å². The fourth-order valence-corrected chi connectivity index (χ4v) is 3.49. The molecular formula is C21H29N5O5S. The highest BCUT2D eigenvalue weighted by molar-refractivity contribution is 7.09. The SMILES string of the molecule is CCOc1ccc(NC(=O)CN(C)CC(=O)NNC(=O)Cc2nc(C)cs2)cc1OCC. The van der Waals surface area contributed by atoms with Gasteiger partial charge in [0.15, 0.2) is 11.5 Å². The number of hydrazine groups is 1. The molecule has 0 unspecified atom stereocenters. The van der Waals surface area contributed by atoms with Crippen molar-refractivity contribution in [3.63, 3.8) is 0 Å². The molecule has 174 valence electrons. The third-order valence-electron chi connectivity index (χ3n) is 3.97. The number of nitrogens with zero attached hydrogens (tertiary/aromatic N) is 2. The number of carbonyl (C=O) groups is 3. The zero-order valence-electron chi connectivity index (χ0n) is 18.7. The fourth-order valence-electron chi connectivity index (χ4n) is 2.72. The largest absolute Gasteiger partial charge is 0.490 e. The van der Waals surface area contributed by atoms with Crippen molar-refractivity contribution in [1.82, 2.24) is 20.7 Å². The van der Waals surface area contributed by atoms with Gasteiger partial charge in [-0.3, -0.25) is 30.1 Å². The van der Waals surface area contributed by atoms with E-state index in [9.17, 15) is 14.4 Å². The molecule has 0 aliphatic heterocycles. The predicted molar refractivity (Wildman–Crippen MR) is 122 cm³/mol. The smallest absolute Gasteiger partial charge is 0.252 e. The van der Waals surface area contributed by atoms with Crippen LogP contribution in [0.5, 0.6) is 11.5 Å². The van der Waals surface area contributed by atoms with Crippen molar-refractivity contribution in [1.29, 1.82) is 0 Å². The number of nitrogens with one attached hydrogen (secondary N) is 3. The number of thiazole rings is 1. The molecule has 0 atom stereocenters. The molecule has 3 amide bonds. The Labute approximate surface area is 191 Å². The Kier molecular flexibility index (Phi) is 9.89. The summed E-state index contributed by atoms with van der Waals surface area (Å²) in [6.07, 6.45) is 0.0862. The minimum atomic E-state index is -0.441. The van der Waals surface area contributed by atoms with Crippen LogP contribution < -0.4 is 25.6 Å². The maximum atomic E-state index is 12.3. The van der Waals surface area contributed by atoms with Crippen molar-refractivity contribution >= 4 is 34.7 Å². The number of hydrogen-bond acceptors (Lipinski definition) is 8. The maximum Gasteiger partial charge on any atom is 0.252 e. The Balaban J connectivity index is 1.76. The van der Waals surface area contributed by atoms with E-state index >= 15 is 0 Å². The number of likely N-dealkylation sites (N-methyl/N-ethyl adjacent to an activating group) is 1. The van der Waals surface area contributed by atoms with Gasteiger partial charge in [-0.05, 0) is 40.0 Å². The molecule has 1 heterocycles. The molecule has 0 bridgehead atoms. The summed E-state index contributed by atoms with van der Waals surface area (Å²) < 4.78 is 11.1. The summed E-state index contributed by atoms with van der Waals surface area (Å²) >= 11 is 1.38. The lowest BCUT2D eigenvalue weighted by atomic mass is 10.2. The van der Waals surface area contributed by atoms with Crippen molar-refractivity contribution in [3.05, 3.63) is 34.3 Å². The molecule has 0 saturated heterocycles. The molecule has 2 rings (SSSR count). The van der Waals surface area contributed by atoms with Gasteiger partial charge in [0.05, 0.1) is 32.7 Å². The molecule has 0 fully saturated rings. The molecule has 1 aromatic carbocycles. The summed E-state index contributed by atoms with van der Waals surface area (Å²) in [5, 5.41) is 5.29. The summed E-state index contributed by atoms with van der Waals surface area (Å²) in [4.78, 5) is 42.0. The highest BCUT2D eigenvalue weighted by Gasteiger charge is 2.14. The van der Waals surface area contributed by atoms with E-state index in [1.54, 1.807) is 25.2 Å². The topological polar surface area (TPSA) is 122 Å². The summed E-state index contributed by atoms with van der Waals surface area (Å²) in [6, 6.07) is 5.15. The molecule has 0 saturated carbocycles. The summed E-state index contributed by atoms with van der Waals surface area (Å²) in [7, 11) is 1.63. The third-order valence-corrected chi connectivity index (χ3v) is 4.94. The number of hydrogen-bond donors (Lipinski definition) is 3. The lowest BCUT2D eigenvalue weighted by molar-refractivity contribution is -0.129. The second-order valence-electron chi connectivity index (χ2n) is 6.90. The van der Waals surface area contributed by atoms with E-state index in [-0.39, 0.29) is 31.3 Å². The Morgan fingerprint density at radius 3 is 2.31 bits per heavy atom. The first-order chi connectivity index (χ1) is 15.3. The van der Waals surface area contributed by atoms with Crippen LogP contribution in [0.4, 0.5) is 5.69 Å². The first kappa shape index (κ1) is 25.1. The number of benzene rings is 1. The molecule has 0 radical (unpaired) electrons. The fraction of sp³-hybridized carbons (Fsp3) is 0.429. The normalized spacial score (nSPS) is 10.5. The Morgan fingerprint density at radius 1 is 1.00 bits per heavy atom.